The lowest BCUT2D eigenvalue weighted by Gasteiger charge is -2.17. The number of nitrogens with one attached hydrogen (secondary N) is 1. The Morgan fingerprint density at radius 2 is 1.67 bits per heavy atom. The van der Waals surface area contributed by atoms with Crippen molar-refractivity contribution in [2.24, 2.45) is 0 Å². The number of hydrogen-bond acceptors (Lipinski definition) is 3. The number of hydrogen-bond donors (Lipinski definition) is 1. The molecule has 0 aromatic heterocycles. The van der Waals surface area contributed by atoms with Crippen LogP contribution in [0.1, 0.15) is 34.8 Å². The van der Waals surface area contributed by atoms with Crippen LogP contribution in [0.5, 0.6) is 0 Å². The molecule has 6 heteroatoms. The average Bonchev–Trinajstić information content (AvgIpc) is 2.66. The summed E-state index contributed by atoms with van der Waals surface area (Å²) in [5, 5.41) is 2.91. The molecule has 0 radical (unpaired) electrons. The highest BCUT2D eigenvalue weighted by molar-refractivity contribution is 7.88. The lowest BCUT2D eigenvalue weighted by Crippen LogP contribution is -2.33. The summed E-state index contributed by atoms with van der Waals surface area (Å²) < 4.78 is 24.6. The van der Waals surface area contributed by atoms with Gasteiger partial charge in [0.2, 0.25) is 10.0 Å². The third-order valence-electron chi connectivity index (χ3n) is 4.48. The SMILES string of the molecule is CCN(CCCNC(=O)c1ccccc1CCc1ccccc1)S(C)(=O)=O. The van der Waals surface area contributed by atoms with Gasteiger partial charge in [-0.3, -0.25) is 4.79 Å². The molecule has 0 aliphatic rings. The summed E-state index contributed by atoms with van der Waals surface area (Å²) in [5.74, 6) is -0.110. The maximum Gasteiger partial charge on any atom is 0.251 e. The lowest BCUT2D eigenvalue weighted by atomic mass is 9.99. The van der Waals surface area contributed by atoms with Crippen LogP contribution in [0.4, 0.5) is 0 Å². The third kappa shape index (κ3) is 6.81. The van der Waals surface area contributed by atoms with Gasteiger partial charge in [-0.15, -0.1) is 0 Å². The number of nitrogens with zero attached hydrogens (tertiary/aromatic N) is 1. The first-order valence-electron chi connectivity index (χ1n) is 9.27. The van der Waals surface area contributed by atoms with Crippen LogP contribution in [0.3, 0.4) is 0 Å². The number of rotatable bonds is 10. The summed E-state index contributed by atoms with van der Waals surface area (Å²) in [6.45, 7) is 3.10. The van der Waals surface area contributed by atoms with Crippen LogP contribution >= 0.6 is 0 Å². The fraction of sp³-hybridized carbons (Fsp3) is 0.381. The quantitative estimate of drug-likeness (QED) is 0.637. The Kier molecular flexibility index (Phi) is 8.00. The first kappa shape index (κ1) is 21.1. The third-order valence-corrected chi connectivity index (χ3v) is 5.86. The van der Waals surface area contributed by atoms with Crippen molar-refractivity contribution in [2.75, 3.05) is 25.9 Å². The summed E-state index contributed by atoms with van der Waals surface area (Å²) in [6, 6.07) is 17.8. The molecule has 0 atom stereocenters. The van der Waals surface area contributed by atoms with Crippen LogP contribution in [0, 0.1) is 0 Å². The standard InChI is InChI=1S/C21H28N2O3S/c1-3-23(27(2,25)26)17-9-16-22-21(24)20-13-8-7-12-19(20)15-14-18-10-5-4-6-11-18/h4-8,10-13H,3,9,14-17H2,1-2H3,(H,22,24). The molecule has 2 aromatic rings. The molecule has 146 valence electrons. The zero-order chi connectivity index (χ0) is 19.7. The van der Waals surface area contributed by atoms with Crippen LogP contribution < -0.4 is 5.32 Å². The van der Waals surface area contributed by atoms with E-state index in [0.717, 1.165) is 18.4 Å². The Morgan fingerprint density at radius 1 is 1.00 bits per heavy atom. The molecule has 0 saturated heterocycles. The average molecular weight is 389 g/mol. The molecule has 0 unspecified atom stereocenters. The lowest BCUT2D eigenvalue weighted by molar-refractivity contribution is 0.0952. The Morgan fingerprint density at radius 3 is 2.33 bits per heavy atom. The second-order valence-electron chi connectivity index (χ2n) is 6.51. The Labute approximate surface area is 162 Å². The Hall–Kier alpha value is -2.18. The van der Waals surface area contributed by atoms with Gasteiger partial charge in [0.25, 0.3) is 5.91 Å². The number of aryl methyl sites for hydroxylation is 2. The number of sulfonamides is 1. The molecule has 0 saturated carbocycles. The van der Waals surface area contributed by atoms with Crippen molar-refractivity contribution in [3.8, 4) is 0 Å². The molecule has 27 heavy (non-hydrogen) atoms. The monoisotopic (exact) mass is 388 g/mol. The minimum atomic E-state index is -3.19. The summed E-state index contributed by atoms with van der Waals surface area (Å²) in [7, 11) is -3.19. The summed E-state index contributed by atoms with van der Waals surface area (Å²) in [5.41, 5.74) is 2.95. The fourth-order valence-corrected chi connectivity index (χ4v) is 3.92. The molecule has 0 aliphatic carbocycles. The molecule has 5 nitrogen and oxygen atoms in total. The zero-order valence-electron chi connectivity index (χ0n) is 16.0. The second kappa shape index (κ2) is 10.2. The van der Waals surface area contributed by atoms with E-state index < -0.39 is 10.0 Å². The van der Waals surface area contributed by atoms with Crippen LogP contribution in [0.15, 0.2) is 54.6 Å². The largest absolute Gasteiger partial charge is 0.352 e. The van der Waals surface area contributed by atoms with Crippen LogP contribution in [-0.4, -0.2) is 44.5 Å². The molecule has 0 fully saturated rings. The Balaban J connectivity index is 1.89. The highest BCUT2D eigenvalue weighted by atomic mass is 32.2. The minimum absolute atomic E-state index is 0.110. The van der Waals surface area contributed by atoms with Crippen molar-refractivity contribution in [3.63, 3.8) is 0 Å². The van der Waals surface area contributed by atoms with E-state index in [2.05, 4.69) is 17.4 Å². The highest BCUT2D eigenvalue weighted by Gasteiger charge is 2.14. The zero-order valence-corrected chi connectivity index (χ0v) is 16.8. The van der Waals surface area contributed by atoms with Crippen molar-refractivity contribution in [2.45, 2.75) is 26.2 Å². The van der Waals surface area contributed by atoms with E-state index in [1.54, 1.807) is 0 Å². The summed E-state index contributed by atoms with van der Waals surface area (Å²) >= 11 is 0. The highest BCUT2D eigenvalue weighted by Crippen LogP contribution is 2.13. The molecular weight excluding hydrogens is 360 g/mol. The fourth-order valence-electron chi connectivity index (χ4n) is 2.99. The maximum absolute atomic E-state index is 12.5. The number of carbonyl (C=O) groups is 1. The van der Waals surface area contributed by atoms with E-state index >= 15 is 0 Å². The minimum Gasteiger partial charge on any atom is -0.352 e. The molecule has 0 aliphatic heterocycles. The van der Waals surface area contributed by atoms with E-state index in [4.69, 9.17) is 0 Å². The molecule has 1 N–H and O–H groups in total. The van der Waals surface area contributed by atoms with Gasteiger partial charge in [-0.1, -0.05) is 55.5 Å². The van der Waals surface area contributed by atoms with Crippen molar-refractivity contribution < 1.29 is 13.2 Å². The van der Waals surface area contributed by atoms with E-state index in [1.165, 1.54) is 16.1 Å². The molecule has 2 aromatic carbocycles. The van der Waals surface area contributed by atoms with Gasteiger partial charge in [0.1, 0.15) is 0 Å². The molecule has 1 amide bonds. The first-order valence-corrected chi connectivity index (χ1v) is 11.1. The van der Waals surface area contributed by atoms with Gasteiger partial charge >= 0.3 is 0 Å². The number of amides is 1. The van der Waals surface area contributed by atoms with Crippen LogP contribution in [-0.2, 0) is 22.9 Å². The summed E-state index contributed by atoms with van der Waals surface area (Å²) in [4.78, 5) is 12.5. The normalized spacial score (nSPS) is 11.5. The molecule has 0 heterocycles. The van der Waals surface area contributed by atoms with Gasteiger partial charge in [-0.05, 0) is 36.5 Å². The van der Waals surface area contributed by atoms with Gasteiger partial charge in [0.15, 0.2) is 0 Å². The summed E-state index contributed by atoms with van der Waals surface area (Å²) in [6.07, 6.45) is 3.47. The number of benzene rings is 2. The smallest absolute Gasteiger partial charge is 0.251 e. The van der Waals surface area contributed by atoms with Crippen molar-refractivity contribution in [1.29, 1.82) is 0 Å². The van der Waals surface area contributed by atoms with Gasteiger partial charge < -0.3 is 5.32 Å². The van der Waals surface area contributed by atoms with E-state index in [9.17, 15) is 13.2 Å². The molecule has 0 spiro atoms. The Bertz CT molecular complexity index is 836. The van der Waals surface area contributed by atoms with E-state index in [0.29, 0.717) is 31.6 Å². The van der Waals surface area contributed by atoms with E-state index in [-0.39, 0.29) is 5.91 Å². The molecular formula is C21H28N2O3S. The van der Waals surface area contributed by atoms with Crippen molar-refractivity contribution in [3.05, 3.63) is 71.3 Å². The predicted octanol–water partition coefficient (Wildman–Crippen LogP) is 2.87. The van der Waals surface area contributed by atoms with Gasteiger partial charge in [0, 0.05) is 25.2 Å². The topological polar surface area (TPSA) is 66.5 Å². The van der Waals surface area contributed by atoms with Crippen molar-refractivity contribution >= 4 is 15.9 Å². The van der Waals surface area contributed by atoms with Gasteiger partial charge in [-0.2, -0.15) is 0 Å². The molecule has 0 bridgehead atoms. The van der Waals surface area contributed by atoms with Crippen LogP contribution in [0.25, 0.3) is 0 Å². The van der Waals surface area contributed by atoms with Gasteiger partial charge in [0.05, 0.1) is 6.26 Å². The second-order valence-corrected chi connectivity index (χ2v) is 8.49. The van der Waals surface area contributed by atoms with Crippen LogP contribution in [0.2, 0.25) is 0 Å². The predicted molar refractivity (Wildman–Crippen MR) is 109 cm³/mol. The maximum atomic E-state index is 12.5. The first-order chi connectivity index (χ1) is 12.9. The molecule has 2 rings (SSSR count). The number of carbonyl (C=O) groups excluding carboxylic acids is 1. The van der Waals surface area contributed by atoms with Gasteiger partial charge in [-0.25, -0.2) is 12.7 Å². The van der Waals surface area contributed by atoms with Crippen molar-refractivity contribution in [1.82, 2.24) is 9.62 Å². The van der Waals surface area contributed by atoms with E-state index in [1.807, 2.05) is 49.4 Å².